The molecule has 1 fully saturated rings. The van der Waals surface area contributed by atoms with Crippen LogP contribution in [0.5, 0.6) is 5.75 Å². The number of aliphatic hydroxyl groups is 1. The van der Waals surface area contributed by atoms with Crippen molar-refractivity contribution in [1.82, 2.24) is 5.32 Å². The van der Waals surface area contributed by atoms with E-state index in [9.17, 15) is 14.3 Å². The summed E-state index contributed by atoms with van der Waals surface area (Å²) >= 11 is 0. The molecule has 5 heteroatoms. The standard InChI is InChI=1S/C16H20FNO3/c1-16(10-19,12-5-6-12)18-15(20)8-4-11-3-7-14(21-2)13(17)9-11/h3-4,7-9,12,19H,5-6,10H2,1-2H3,(H,18,20)/b8-4+. The zero-order valence-electron chi connectivity index (χ0n) is 12.2. The number of carbonyl (C=O) groups excluding carboxylic acids is 1. The minimum atomic E-state index is -0.577. The monoisotopic (exact) mass is 293 g/mol. The summed E-state index contributed by atoms with van der Waals surface area (Å²) in [6.45, 7) is 1.75. The quantitative estimate of drug-likeness (QED) is 0.790. The minimum absolute atomic E-state index is 0.0889. The van der Waals surface area contributed by atoms with Crippen molar-refractivity contribution < 1.29 is 19.0 Å². The van der Waals surface area contributed by atoms with Gasteiger partial charge < -0.3 is 15.2 Å². The van der Waals surface area contributed by atoms with Crippen LogP contribution in [-0.2, 0) is 4.79 Å². The molecule has 1 amide bonds. The number of rotatable bonds is 6. The summed E-state index contributed by atoms with van der Waals surface area (Å²) in [6, 6.07) is 4.47. The first-order valence-electron chi connectivity index (χ1n) is 6.93. The molecule has 0 aromatic heterocycles. The summed E-state index contributed by atoms with van der Waals surface area (Å²) in [7, 11) is 1.40. The Bertz CT molecular complexity index is 554. The van der Waals surface area contributed by atoms with Crippen LogP contribution < -0.4 is 10.1 Å². The highest BCUT2D eigenvalue weighted by atomic mass is 19.1. The van der Waals surface area contributed by atoms with E-state index in [1.54, 1.807) is 6.07 Å². The highest BCUT2D eigenvalue weighted by Crippen LogP contribution is 2.39. The Hall–Kier alpha value is -1.88. The molecule has 0 spiro atoms. The Morgan fingerprint density at radius 1 is 1.57 bits per heavy atom. The lowest BCUT2D eigenvalue weighted by Gasteiger charge is -2.28. The number of hydrogen-bond acceptors (Lipinski definition) is 3. The van der Waals surface area contributed by atoms with Crippen molar-refractivity contribution in [1.29, 1.82) is 0 Å². The van der Waals surface area contributed by atoms with Gasteiger partial charge in [-0.05, 0) is 49.5 Å². The van der Waals surface area contributed by atoms with Crippen molar-refractivity contribution in [2.75, 3.05) is 13.7 Å². The van der Waals surface area contributed by atoms with Gasteiger partial charge in [0.2, 0.25) is 5.91 Å². The van der Waals surface area contributed by atoms with Gasteiger partial charge in [-0.3, -0.25) is 4.79 Å². The number of hydrogen-bond donors (Lipinski definition) is 2. The van der Waals surface area contributed by atoms with Crippen LogP contribution in [0.25, 0.3) is 6.08 Å². The number of nitrogens with one attached hydrogen (secondary N) is 1. The summed E-state index contributed by atoms with van der Waals surface area (Å²) in [6.07, 6.45) is 4.91. The predicted octanol–water partition coefficient (Wildman–Crippen LogP) is 2.12. The van der Waals surface area contributed by atoms with E-state index in [1.165, 1.54) is 31.4 Å². The Labute approximate surface area is 123 Å². The lowest BCUT2D eigenvalue weighted by molar-refractivity contribution is -0.119. The maximum atomic E-state index is 13.5. The van der Waals surface area contributed by atoms with E-state index in [0.717, 1.165) is 12.8 Å². The molecule has 0 saturated heterocycles. The van der Waals surface area contributed by atoms with E-state index in [2.05, 4.69) is 5.32 Å². The van der Waals surface area contributed by atoms with E-state index >= 15 is 0 Å². The SMILES string of the molecule is COc1ccc(/C=C/C(=O)NC(C)(CO)C2CC2)cc1F. The molecule has 1 atom stereocenters. The normalized spacial score (nSPS) is 17.5. The molecule has 2 rings (SSSR count). The fourth-order valence-corrected chi connectivity index (χ4v) is 2.27. The maximum Gasteiger partial charge on any atom is 0.244 e. The number of ether oxygens (including phenoxy) is 1. The molecular formula is C16H20FNO3. The summed E-state index contributed by atoms with van der Waals surface area (Å²) in [5.41, 5.74) is -0.00683. The van der Waals surface area contributed by atoms with Gasteiger partial charge in [-0.2, -0.15) is 0 Å². The summed E-state index contributed by atoms with van der Waals surface area (Å²) in [5, 5.41) is 12.2. The zero-order chi connectivity index (χ0) is 15.5. The smallest absolute Gasteiger partial charge is 0.244 e. The third kappa shape index (κ3) is 3.82. The number of halogens is 1. The number of aliphatic hydroxyl groups excluding tert-OH is 1. The van der Waals surface area contributed by atoms with Gasteiger partial charge >= 0.3 is 0 Å². The van der Waals surface area contributed by atoms with Crippen molar-refractivity contribution in [2.45, 2.75) is 25.3 Å². The lowest BCUT2D eigenvalue weighted by atomic mass is 9.97. The molecule has 0 aliphatic heterocycles. The third-order valence-electron chi connectivity index (χ3n) is 3.82. The summed E-state index contributed by atoms with van der Waals surface area (Å²) < 4.78 is 18.4. The van der Waals surface area contributed by atoms with Crippen molar-refractivity contribution in [3.63, 3.8) is 0 Å². The Morgan fingerprint density at radius 2 is 2.29 bits per heavy atom. The van der Waals surface area contributed by atoms with Crippen LogP contribution in [0.3, 0.4) is 0 Å². The highest BCUT2D eigenvalue weighted by molar-refractivity contribution is 5.92. The van der Waals surface area contributed by atoms with Crippen molar-refractivity contribution in [3.8, 4) is 5.75 Å². The van der Waals surface area contributed by atoms with E-state index < -0.39 is 11.4 Å². The molecule has 1 aliphatic rings. The van der Waals surface area contributed by atoms with Crippen LogP contribution in [0, 0.1) is 11.7 Å². The molecule has 1 aromatic rings. The molecular weight excluding hydrogens is 273 g/mol. The van der Waals surface area contributed by atoms with Crippen LogP contribution in [0.2, 0.25) is 0 Å². The summed E-state index contributed by atoms with van der Waals surface area (Å²) in [4.78, 5) is 11.9. The molecule has 2 N–H and O–H groups in total. The van der Waals surface area contributed by atoms with Crippen LogP contribution in [0.4, 0.5) is 4.39 Å². The maximum absolute atomic E-state index is 13.5. The van der Waals surface area contributed by atoms with Crippen LogP contribution >= 0.6 is 0 Å². The zero-order valence-corrected chi connectivity index (χ0v) is 12.2. The molecule has 21 heavy (non-hydrogen) atoms. The average molecular weight is 293 g/mol. The van der Waals surface area contributed by atoms with Crippen LogP contribution in [-0.4, -0.2) is 30.3 Å². The topological polar surface area (TPSA) is 58.6 Å². The van der Waals surface area contributed by atoms with E-state index in [4.69, 9.17) is 4.74 Å². The van der Waals surface area contributed by atoms with Crippen molar-refractivity contribution in [2.24, 2.45) is 5.92 Å². The first-order chi connectivity index (χ1) is 9.98. The number of methoxy groups -OCH3 is 1. The Kier molecular flexibility index (Phi) is 4.63. The first-order valence-corrected chi connectivity index (χ1v) is 6.93. The second-order valence-corrected chi connectivity index (χ2v) is 5.57. The second kappa shape index (κ2) is 6.26. The van der Waals surface area contributed by atoms with Gasteiger partial charge in [0.05, 0.1) is 19.3 Å². The molecule has 1 unspecified atom stereocenters. The molecule has 0 bridgehead atoms. The fourth-order valence-electron chi connectivity index (χ4n) is 2.27. The fraction of sp³-hybridized carbons (Fsp3) is 0.438. The largest absolute Gasteiger partial charge is 0.494 e. The van der Waals surface area contributed by atoms with Gasteiger partial charge in [0, 0.05) is 6.08 Å². The molecule has 4 nitrogen and oxygen atoms in total. The van der Waals surface area contributed by atoms with Gasteiger partial charge in [-0.15, -0.1) is 0 Å². The van der Waals surface area contributed by atoms with Gasteiger partial charge in [-0.1, -0.05) is 6.07 Å². The number of carbonyl (C=O) groups is 1. The van der Waals surface area contributed by atoms with Crippen LogP contribution in [0.1, 0.15) is 25.3 Å². The first kappa shape index (κ1) is 15.5. The Balaban J connectivity index is 2.00. The van der Waals surface area contributed by atoms with Gasteiger partial charge in [0.15, 0.2) is 11.6 Å². The van der Waals surface area contributed by atoms with Crippen molar-refractivity contribution >= 4 is 12.0 Å². The predicted molar refractivity (Wildman–Crippen MR) is 78.3 cm³/mol. The van der Waals surface area contributed by atoms with Crippen LogP contribution in [0.15, 0.2) is 24.3 Å². The Morgan fingerprint density at radius 3 is 2.81 bits per heavy atom. The molecule has 1 aliphatic carbocycles. The molecule has 1 aromatic carbocycles. The molecule has 114 valence electrons. The van der Waals surface area contributed by atoms with Gasteiger partial charge in [0.1, 0.15) is 0 Å². The van der Waals surface area contributed by atoms with E-state index in [1.807, 2.05) is 6.92 Å². The highest BCUT2D eigenvalue weighted by Gasteiger charge is 2.41. The van der Waals surface area contributed by atoms with E-state index in [0.29, 0.717) is 11.5 Å². The minimum Gasteiger partial charge on any atom is -0.494 e. The molecule has 0 radical (unpaired) electrons. The van der Waals surface area contributed by atoms with Crippen molar-refractivity contribution in [3.05, 3.63) is 35.7 Å². The van der Waals surface area contributed by atoms with E-state index in [-0.39, 0.29) is 18.3 Å². The number of benzene rings is 1. The summed E-state index contributed by atoms with van der Waals surface area (Å²) in [5.74, 6) is -0.274. The van der Waals surface area contributed by atoms with Gasteiger partial charge in [0.25, 0.3) is 0 Å². The average Bonchev–Trinajstić information content (AvgIpc) is 3.30. The number of amides is 1. The third-order valence-corrected chi connectivity index (χ3v) is 3.82. The molecule has 1 saturated carbocycles. The second-order valence-electron chi connectivity index (χ2n) is 5.57. The van der Waals surface area contributed by atoms with Gasteiger partial charge in [-0.25, -0.2) is 4.39 Å². The lowest BCUT2D eigenvalue weighted by Crippen LogP contribution is -2.50. The molecule has 0 heterocycles.